The van der Waals surface area contributed by atoms with Gasteiger partial charge in [-0.1, -0.05) is 23.2 Å². The highest BCUT2D eigenvalue weighted by Gasteiger charge is 2.56. The van der Waals surface area contributed by atoms with Crippen molar-refractivity contribution >= 4 is 63.9 Å². The van der Waals surface area contributed by atoms with E-state index in [1.165, 1.54) is 7.11 Å². The van der Waals surface area contributed by atoms with Crippen LogP contribution in [0.25, 0.3) is 0 Å². The van der Waals surface area contributed by atoms with Crippen LogP contribution in [0.4, 0.5) is 16.2 Å². The Balaban J connectivity index is 2.02. The van der Waals surface area contributed by atoms with Crippen molar-refractivity contribution in [1.29, 1.82) is 0 Å². The first-order valence-electron chi connectivity index (χ1n) is 9.99. The maximum absolute atomic E-state index is 13.0. The lowest BCUT2D eigenvalue weighted by Crippen LogP contribution is -2.59. The minimum Gasteiger partial charge on any atom is -0.467 e. The molecule has 0 unspecified atom stereocenters. The molecule has 2 aromatic rings. The van der Waals surface area contributed by atoms with Crippen molar-refractivity contribution in [3.8, 4) is 0 Å². The second-order valence-electron chi connectivity index (χ2n) is 8.01. The van der Waals surface area contributed by atoms with E-state index in [4.69, 9.17) is 40.2 Å². The van der Waals surface area contributed by atoms with Crippen LogP contribution in [-0.2, 0) is 9.53 Å². The number of nitrogens with zero attached hydrogens (tertiary/aromatic N) is 3. The van der Waals surface area contributed by atoms with E-state index in [1.54, 1.807) is 79.1 Å². The molecule has 1 heterocycles. The summed E-state index contributed by atoms with van der Waals surface area (Å²) < 4.78 is 4.91. The van der Waals surface area contributed by atoms with Crippen LogP contribution in [0.5, 0.6) is 0 Å². The second-order valence-corrected chi connectivity index (χ2v) is 9.25. The lowest BCUT2D eigenvalue weighted by Gasteiger charge is -2.40. The first-order valence-corrected chi connectivity index (χ1v) is 11.2. The fourth-order valence-electron chi connectivity index (χ4n) is 3.94. The van der Waals surface area contributed by atoms with E-state index in [1.807, 2.05) is 0 Å². The molecular formula is C22H24Cl2N4O4S. The monoisotopic (exact) mass is 510 g/mol. The molecule has 0 aliphatic carbocycles. The largest absolute Gasteiger partial charge is 0.467 e. The Morgan fingerprint density at radius 1 is 1.12 bits per heavy atom. The quantitative estimate of drug-likeness (QED) is 0.253. The highest BCUT2D eigenvalue weighted by molar-refractivity contribution is 7.80. The third-order valence-electron chi connectivity index (χ3n) is 5.48. The molecule has 2 N–H and O–H groups in total. The number of urea groups is 1. The number of anilines is 2. The van der Waals surface area contributed by atoms with E-state index in [9.17, 15) is 14.8 Å². The lowest BCUT2D eigenvalue weighted by molar-refractivity contribution is -0.148. The first kappa shape index (κ1) is 25.0. The number of benzene rings is 2. The predicted molar refractivity (Wildman–Crippen MR) is 132 cm³/mol. The van der Waals surface area contributed by atoms with Crippen LogP contribution in [0.1, 0.15) is 20.8 Å². The molecule has 0 spiro atoms. The molecule has 8 nitrogen and oxygen atoms in total. The Hall–Kier alpha value is -2.59. The number of hydrogen-bond acceptors (Lipinski definition) is 5. The van der Waals surface area contributed by atoms with Crippen molar-refractivity contribution in [2.45, 2.75) is 38.5 Å². The number of methoxy groups -OCH3 is 1. The first-order chi connectivity index (χ1) is 15.5. The van der Waals surface area contributed by atoms with Gasteiger partial charge in [-0.25, -0.2) is 9.59 Å². The minimum absolute atomic E-state index is 0.239. The van der Waals surface area contributed by atoms with E-state index in [-0.39, 0.29) is 5.11 Å². The van der Waals surface area contributed by atoms with E-state index in [0.717, 1.165) is 0 Å². The fourth-order valence-corrected chi connectivity index (χ4v) is 4.79. The standard InChI is InChI=1S/C22H24Cl2N4O4S/c1-13(18(29)32-4)27-21(33)26(17-11-7-15(24)8-12-17)19(22(27,2)3)28(31)20(30)25-16-9-5-14(23)6-10-16/h5-13,19,31H,1-4H3,(H,25,30)/t13-,19+/m0/s1. The Morgan fingerprint density at radius 2 is 1.64 bits per heavy atom. The average molecular weight is 511 g/mol. The average Bonchev–Trinajstić information content (AvgIpc) is 2.99. The summed E-state index contributed by atoms with van der Waals surface area (Å²) in [6.07, 6.45) is -0.995. The molecule has 2 amide bonds. The number of rotatable bonds is 5. The topological polar surface area (TPSA) is 85.3 Å². The van der Waals surface area contributed by atoms with E-state index < -0.39 is 29.7 Å². The van der Waals surface area contributed by atoms with Gasteiger partial charge in [0.15, 0.2) is 11.3 Å². The number of ether oxygens (including phenoxy) is 1. The summed E-state index contributed by atoms with van der Waals surface area (Å²) in [6.45, 7) is 5.20. The number of amides is 2. The van der Waals surface area contributed by atoms with Crippen molar-refractivity contribution in [2.24, 2.45) is 0 Å². The maximum atomic E-state index is 13.0. The highest BCUT2D eigenvalue weighted by atomic mass is 35.5. The summed E-state index contributed by atoms with van der Waals surface area (Å²) in [5, 5.41) is 15.6. The van der Waals surface area contributed by atoms with Gasteiger partial charge in [0.05, 0.1) is 12.6 Å². The normalized spacial score (nSPS) is 18.2. The molecular weight excluding hydrogens is 487 g/mol. The molecule has 1 aliphatic heterocycles. The zero-order chi connectivity index (χ0) is 24.5. The summed E-state index contributed by atoms with van der Waals surface area (Å²) in [4.78, 5) is 28.6. The van der Waals surface area contributed by atoms with Crippen LogP contribution >= 0.6 is 35.4 Å². The van der Waals surface area contributed by atoms with Crippen molar-refractivity contribution in [1.82, 2.24) is 9.96 Å². The van der Waals surface area contributed by atoms with E-state index >= 15 is 0 Å². The molecule has 1 aliphatic rings. The molecule has 2 atom stereocenters. The molecule has 3 rings (SSSR count). The number of nitrogens with one attached hydrogen (secondary N) is 1. The number of carbonyl (C=O) groups excluding carboxylic acids is 2. The lowest BCUT2D eigenvalue weighted by atomic mass is 9.98. The Kier molecular flexibility index (Phi) is 7.38. The zero-order valence-electron chi connectivity index (χ0n) is 18.5. The van der Waals surface area contributed by atoms with E-state index in [2.05, 4.69) is 5.32 Å². The SMILES string of the molecule is COC(=O)[C@H](C)N1C(=S)N(c2ccc(Cl)cc2)[C@H](N(O)C(=O)Nc2ccc(Cl)cc2)C1(C)C. The summed E-state index contributed by atoms with van der Waals surface area (Å²) >= 11 is 17.7. The van der Waals surface area contributed by atoms with Gasteiger partial charge in [-0.05, 0) is 81.5 Å². The highest BCUT2D eigenvalue weighted by Crippen LogP contribution is 2.40. The van der Waals surface area contributed by atoms with Gasteiger partial charge in [0, 0.05) is 21.4 Å². The fraction of sp³-hybridized carbons (Fsp3) is 0.318. The Labute approximate surface area is 207 Å². The second kappa shape index (κ2) is 9.72. The number of esters is 1. The van der Waals surface area contributed by atoms with Crippen LogP contribution in [0.3, 0.4) is 0 Å². The summed E-state index contributed by atoms with van der Waals surface area (Å²) in [6, 6.07) is 11.7. The third-order valence-corrected chi connectivity index (χ3v) is 6.38. The summed E-state index contributed by atoms with van der Waals surface area (Å²) in [5.74, 6) is -0.503. The number of hydroxylamine groups is 2. The van der Waals surface area contributed by atoms with Crippen LogP contribution in [-0.4, -0.2) is 57.1 Å². The van der Waals surface area contributed by atoms with Gasteiger partial charge in [0.25, 0.3) is 0 Å². The molecule has 11 heteroatoms. The van der Waals surface area contributed by atoms with Gasteiger partial charge >= 0.3 is 12.0 Å². The van der Waals surface area contributed by atoms with Gasteiger partial charge in [0.2, 0.25) is 0 Å². The van der Waals surface area contributed by atoms with Crippen LogP contribution in [0.2, 0.25) is 10.0 Å². The number of thiocarbonyl (C=S) groups is 1. The predicted octanol–water partition coefficient (Wildman–Crippen LogP) is 4.99. The van der Waals surface area contributed by atoms with Gasteiger partial charge in [-0.15, -0.1) is 0 Å². The van der Waals surface area contributed by atoms with Crippen LogP contribution in [0, 0.1) is 0 Å². The molecule has 0 saturated carbocycles. The van der Waals surface area contributed by atoms with Gasteiger partial charge < -0.3 is 15.0 Å². The summed E-state index contributed by atoms with van der Waals surface area (Å²) in [7, 11) is 1.29. The molecule has 1 fully saturated rings. The van der Waals surface area contributed by atoms with Crippen molar-refractivity contribution < 1.29 is 19.5 Å². The molecule has 33 heavy (non-hydrogen) atoms. The minimum atomic E-state index is -1.00. The third kappa shape index (κ3) is 4.86. The number of hydrogen-bond donors (Lipinski definition) is 2. The Bertz CT molecular complexity index is 1050. The van der Waals surface area contributed by atoms with E-state index in [0.29, 0.717) is 26.5 Å². The van der Waals surface area contributed by atoms with Crippen LogP contribution < -0.4 is 10.2 Å². The van der Waals surface area contributed by atoms with Gasteiger partial charge in [0.1, 0.15) is 6.04 Å². The molecule has 0 radical (unpaired) electrons. The molecule has 176 valence electrons. The molecule has 2 aromatic carbocycles. The van der Waals surface area contributed by atoms with Crippen molar-refractivity contribution in [3.05, 3.63) is 58.6 Å². The molecule has 0 bridgehead atoms. The molecule has 0 aromatic heterocycles. The van der Waals surface area contributed by atoms with Gasteiger partial charge in [-0.3, -0.25) is 10.1 Å². The van der Waals surface area contributed by atoms with Crippen molar-refractivity contribution in [3.63, 3.8) is 0 Å². The van der Waals surface area contributed by atoms with Crippen LogP contribution in [0.15, 0.2) is 48.5 Å². The number of carbonyl (C=O) groups is 2. The zero-order valence-corrected chi connectivity index (χ0v) is 20.8. The number of halogens is 2. The van der Waals surface area contributed by atoms with Crippen molar-refractivity contribution in [2.75, 3.05) is 17.3 Å². The van der Waals surface area contributed by atoms with Gasteiger partial charge in [-0.2, -0.15) is 5.06 Å². The summed E-state index contributed by atoms with van der Waals surface area (Å²) in [5.41, 5.74) is 0.0243. The maximum Gasteiger partial charge on any atom is 0.347 e. The molecule has 1 saturated heterocycles. The smallest absolute Gasteiger partial charge is 0.347 e. The Morgan fingerprint density at radius 3 is 2.15 bits per heavy atom.